The van der Waals surface area contributed by atoms with Crippen molar-refractivity contribution in [3.63, 3.8) is 0 Å². The molecular weight excluding hydrogens is 252 g/mol. The number of aromatic amines is 1. The molecule has 1 aliphatic heterocycles. The summed E-state index contributed by atoms with van der Waals surface area (Å²) in [6.07, 6.45) is 3.29. The second-order valence-corrected chi connectivity index (χ2v) is 4.99. The average Bonchev–Trinajstić information content (AvgIpc) is 3.03. The zero-order valence-electron chi connectivity index (χ0n) is 11.3. The second-order valence-electron chi connectivity index (χ2n) is 4.99. The molecule has 1 saturated heterocycles. The van der Waals surface area contributed by atoms with Crippen molar-refractivity contribution in [3.05, 3.63) is 54.1 Å². The number of imidazole rings is 1. The van der Waals surface area contributed by atoms with Gasteiger partial charge < -0.3 is 9.88 Å². The van der Waals surface area contributed by atoms with Gasteiger partial charge in [0.1, 0.15) is 0 Å². The van der Waals surface area contributed by atoms with Crippen LogP contribution in [0.4, 0.5) is 0 Å². The number of H-pyrrole nitrogens is 1. The van der Waals surface area contributed by atoms with Crippen molar-refractivity contribution in [2.45, 2.75) is 6.54 Å². The lowest BCUT2D eigenvalue weighted by atomic mass is 10.2. The van der Waals surface area contributed by atoms with Gasteiger partial charge in [0.2, 0.25) is 0 Å². The lowest BCUT2D eigenvalue weighted by Gasteiger charge is -2.34. The van der Waals surface area contributed by atoms with Crippen LogP contribution in [-0.4, -0.2) is 51.9 Å². The molecule has 5 nitrogen and oxygen atoms in total. The topological polar surface area (TPSA) is 52.2 Å². The minimum atomic E-state index is -0.00522. The van der Waals surface area contributed by atoms with Crippen LogP contribution < -0.4 is 0 Å². The molecule has 0 unspecified atom stereocenters. The Balaban J connectivity index is 1.53. The highest BCUT2D eigenvalue weighted by atomic mass is 16.2. The summed E-state index contributed by atoms with van der Waals surface area (Å²) in [6, 6.07) is 10.4. The average molecular weight is 270 g/mol. The Morgan fingerprint density at radius 2 is 1.90 bits per heavy atom. The van der Waals surface area contributed by atoms with Crippen molar-refractivity contribution >= 4 is 5.91 Å². The van der Waals surface area contributed by atoms with Gasteiger partial charge in [-0.15, -0.1) is 0 Å². The number of amides is 1. The van der Waals surface area contributed by atoms with Gasteiger partial charge in [0.05, 0.1) is 0 Å². The standard InChI is InChI=1S/C15H18N4O/c20-15(14-16-6-7-17-14)19-10-8-18(9-11-19)12-13-4-2-1-3-5-13/h1-7H,8-12H2,(H,16,17). The van der Waals surface area contributed by atoms with E-state index in [1.165, 1.54) is 5.56 Å². The molecule has 1 amide bonds. The lowest BCUT2D eigenvalue weighted by Crippen LogP contribution is -2.48. The zero-order chi connectivity index (χ0) is 13.8. The van der Waals surface area contributed by atoms with Gasteiger partial charge in [-0.05, 0) is 5.56 Å². The van der Waals surface area contributed by atoms with Crippen LogP contribution in [0.5, 0.6) is 0 Å². The van der Waals surface area contributed by atoms with Gasteiger partial charge in [0.25, 0.3) is 5.91 Å². The van der Waals surface area contributed by atoms with Crippen LogP contribution in [0.25, 0.3) is 0 Å². The highest BCUT2D eigenvalue weighted by Gasteiger charge is 2.23. The molecule has 1 aromatic heterocycles. The van der Waals surface area contributed by atoms with Crippen LogP contribution in [0.2, 0.25) is 0 Å². The number of benzene rings is 1. The van der Waals surface area contributed by atoms with Gasteiger partial charge in [-0.25, -0.2) is 4.98 Å². The lowest BCUT2D eigenvalue weighted by molar-refractivity contribution is 0.0617. The van der Waals surface area contributed by atoms with Crippen LogP contribution in [0, 0.1) is 0 Å². The Morgan fingerprint density at radius 1 is 1.15 bits per heavy atom. The first-order valence-corrected chi connectivity index (χ1v) is 6.88. The van der Waals surface area contributed by atoms with Gasteiger partial charge >= 0.3 is 0 Å². The third-order valence-corrected chi connectivity index (χ3v) is 3.61. The molecule has 1 aliphatic rings. The minimum Gasteiger partial charge on any atom is -0.341 e. The SMILES string of the molecule is O=C(c1ncc[nH]1)N1CCN(Cc2ccccc2)CC1. The van der Waals surface area contributed by atoms with Crippen molar-refractivity contribution in [2.75, 3.05) is 26.2 Å². The Morgan fingerprint density at radius 3 is 2.55 bits per heavy atom. The first-order valence-electron chi connectivity index (χ1n) is 6.88. The van der Waals surface area contributed by atoms with Crippen LogP contribution in [-0.2, 0) is 6.54 Å². The molecule has 0 bridgehead atoms. The molecule has 5 heteroatoms. The second kappa shape index (κ2) is 5.88. The van der Waals surface area contributed by atoms with Crippen LogP contribution in [0.1, 0.15) is 16.2 Å². The number of nitrogens with one attached hydrogen (secondary N) is 1. The summed E-state index contributed by atoms with van der Waals surface area (Å²) in [6.45, 7) is 4.27. The molecule has 20 heavy (non-hydrogen) atoms. The van der Waals surface area contributed by atoms with Gasteiger partial charge in [-0.3, -0.25) is 9.69 Å². The molecule has 0 saturated carbocycles. The molecule has 0 aliphatic carbocycles. The molecule has 1 aromatic carbocycles. The van der Waals surface area contributed by atoms with Crippen LogP contribution in [0.3, 0.4) is 0 Å². The molecule has 104 valence electrons. The number of hydrogen-bond donors (Lipinski definition) is 1. The Kier molecular flexibility index (Phi) is 3.78. The van der Waals surface area contributed by atoms with Gasteiger partial charge in [0.15, 0.2) is 5.82 Å². The zero-order valence-corrected chi connectivity index (χ0v) is 11.3. The van der Waals surface area contributed by atoms with Crippen LogP contribution >= 0.6 is 0 Å². The number of aromatic nitrogens is 2. The van der Waals surface area contributed by atoms with E-state index in [0.29, 0.717) is 5.82 Å². The summed E-state index contributed by atoms with van der Waals surface area (Å²) in [4.78, 5) is 23.3. The number of carbonyl (C=O) groups is 1. The number of carbonyl (C=O) groups excluding carboxylic acids is 1. The first-order chi connectivity index (χ1) is 9.83. The monoisotopic (exact) mass is 270 g/mol. The third kappa shape index (κ3) is 2.88. The molecule has 3 rings (SSSR count). The van der Waals surface area contributed by atoms with E-state index in [0.717, 1.165) is 32.7 Å². The molecular formula is C15H18N4O. The normalized spacial score (nSPS) is 16.3. The van der Waals surface area contributed by atoms with Crippen LogP contribution in [0.15, 0.2) is 42.7 Å². The highest BCUT2D eigenvalue weighted by Crippen LogP contribution is 2.09. The fourth-order valence-electron chi connectivity index (χ4n) is 2.48. The molecule has 1 fully saturated rings. The van der Waals surface area contributed by atoms with Crippen molar-refractivity contribution in [1.82, 2.24) is 19.8 Å². The summed E-state index contributed by atoms with van der Waals surface area (Å²) >= 11 is 0. The predicted octanol–water partition coefficient (Wildman–Crippen LogP) is 1.37. The minimum absolute atomic E-state index is 0.00522. The molecule has 2 heterocycles. The fourth-order valence-corrected chi connectivity index (χ4v) is 2.48. The maximum atomic E-state index is 12.1. The van der Waals surface area contributed by atoms with Crippen molar-refractivity contribution in [2.24, 2.45) is 0 Å². The van der Waals surface area contributed by atoms with Crippen molar-refractivity contribution in [3.8, 4) is 0 Å². The smallest absolute Gasteiger partial charge is 0.289 e. The molecule has 1 N–H and O–H groups in total. The van der Waals surface area contributed by atoms with E-state index < -0.39 is 0 Å². The summed E-state index contributed by atoms with van der Waals surface area (Å²) in [5.74, 6) is 0.427. The molecule has 2 aromatic rings. The van der Waals surface area contributed by atoms with E-state index in [1.807, 2.05) is 11.0 Å². The first kappa shape index (κ1) is 12.9. The van der Waals surface area contributed by atoms with Crippen molar-refractivity contribution in [1.29, 1.82) is 0 Å². The van der Waals surface area contributed by atoms with Crippen molar-refractivity contribution < 1.29 is 4.79 Å². The number of rotatable bonds is 3. The highest BCUT2D eigenvalue weighted by molar-refractivity contribution is 5.90. The quantitative estimate of drug-likeness (QED) is 0.916. The van der Waals surface area contributed by atoms with Gasteiger partial charge in [0, 0.05) is 45.1 Å². The molecule has 0 spiro atoms. The fraction of sp³-hybridized carbons (Fsp3) is 0.333. The molecule has 0 atom stereocenters. The largest absolute Gasteiger partial charge is 0.341 e. The predicted molar refractivity (Wildman–Crippen MR) is 76.2 cm³/mol. The Labute approximate surface area is 118 Å². The number of piperazine rings is 1. The summed E-state index contributed by atoms with van der Waals surface area (Å²) in [5, 5.41) is 0. The number of nitrogens with zero attached hydrogens (tertiary/aromatic N) is 3. The Hall–Kier alpha value is -2.14. The maximum absolute atomic E-state index is 12.1. The van der Waals surface area contributed by atoms with E-state index >= 15 is 0 Å². The van der Waals surface area contributed by atoms with E-state index in [2.05, 4.69) is 39.1 Å². The number of hydrogen-bond acceptors (Lipinski definition) is 3. The van der Waals surface area contributed by atoms with E-state index in [-0.39, 0.29) is 5.91 Å². The van der Waals surface area contributed by atoms with Gasteiger partial charge in [-0.1, -0.05) is 30.3 Å². The van der Waals surface area contributed by atoms with E-state index in [9.17, 15) is 4.79 Å². The van der Waals surface area contributed by atoms with Gasteiger partial charge in [-0.2, -0.15) is 0 Å². The van der Waals surface area contributed by atoms with E-state index in [4.69, 9.17) is 0 Å². The molecule has 0 radical (unpaired) electrons. The third-order valence-electron chi connectivity index (χ3n) is 3.61. The van der Waals surface area contributed by atoms with E-state index in [1.54, 1.807) is 12.4 Å². The summed E-state index contributed by atoms with van der Waals surface area (Å²) in [5.41, 5.74) is 1.32. The Bertz CT molecular complexity index is 545. The summed E-state index contributed by atoms with van der Waals surface area (Å²) in [7, 11) is 0. The summed E-state index contributed by atoms with van der Waals surface area (Å²) < 4.78 is 0. The maximum Gasteiger partial charge on any atom is 0.289 e.